The number of halogens is 2. The number of hydrogen-bond donors (Lipinski definition) is 2. The van der Waals surface area contributed by atoms with Gasteiger partial charge in [0.25, 0.3) is 0 Å². The molecule has 1 aliphatic carbocycles. The lowest BCUT2D eigenvalue weighted by atomic mass is 10.0. The molecule has 21 heavy (non-hydrogen) atoms. The smallest absolute Gasteiger partial charge is 0.187 e. The van der Waals surface area contributed by atoms with Gasteiger partial charge in [-0.05, 0) is 53.7 Å². The summed E-state index contributed by atoms with van der Waals surface area (Å²) in [7, 11) is 0. The first-order valence-corrected chi connectivity index (χ1v) is 8.61. The lowest BCUT2D eigenvalue weighted by Gasteiger charge is -2.09. The Bertz CT molecular complexity index is 691. The van der Waals surface area contributed by atoms with Gasteiger partial charge in [0.2, 0.25) is 0 Å². The molecular formula is C14H13BrFN3S2. The molecule has 0 amide bonds. The van der Waals surface area contributed by atoms with Gasteiger partial charge in [0.05, 0.1) is 15.9 Å². The molecule has 1 aromatic heterocycles. The first-order valence-electron chi connectivity index (χ1n) is 6.59. The largest absolute Gasteiger partial charge is 0.389 e. The van der Waals surface area contributed by atoms with Crippen LogP contribution in [0.3, 0.4) is 0 Å². The van der Waals surface area contributed by atoms with Gasteiger partial charge < -0.3 is 11.1 Å². The Morgan fingerprint density at radius 3 is 2.86 bits per heavy atom. The number of hydrogen-bond acceptors (Lipinski definition) is 4. The summed E-state index contributed by atoms with van der Waals surface area (Å²) in [4.78, 5) is 6.02. The van der Waals surface area contributed by atoms with Crippen molar-refractivity contribution >= 4 is 55.3 Å². The van der Waals surface area contributed by atoms with Crippen molar-refractivity contribution in [2.75, 3.05) is 5.32 Å². The van der Waals surface area contributed by atoms with Crippen molar-refractivity contribution in [3.8, 4) is 0 Å². The molecular weight excluding hydrogens is 373 g/mol. The molecule has 3 nitrogen and oxygen atoms in total. The molecule has 1 aliphatic rings. The Morgan fingerprint density at radius 2 is 2.14 bits per heavy atom. The van der Waals surface area contributed by atoms with E-state index in [2.05, 4.69) is 26.2 Å². The number of aryl methyl sites for hydroxylation is 2. The number of nitrogens with zero attached hydrogens (tertiary/aromatic N) is 1. The summed E-state index contributed by atoms with van der Waals surface area (Å²) in [6.07, 6.45) is 4.47. The van der Waals surface area contributed by atoms with Crippen LogP contribution in [-0.2, 0) is 12.8 Å². The van der Waals surface area contributed by atoms with Crippen molar-refractivity contribution in [1.82, 2.24) is 4.98 Å². The van der Waals surface area contributed by atoms with E-state index in [1.165, 1.54) is 17.7 Å². The summed E-state index contributed by atoms with van der Waals surface area (Å²) < 4.78 is 14.6. The van der Waals surface area contributed by atoms with E-state index in [9.17, 15) is 4.39 Å². The summed E-state index contributed by atoms with van der Waals surface area (Å²) in [6, 6.07) is 3.33. The Kier molecular flexibility index (Phi) is 4.24. The molecule has 0 bridgehead atoms. The summed E-state index contributed by atoms with van der Waals surface area (Å²) in [5.41, 5.74) is 7.56. The van der Waals surface area contributed by atoms with Crippen molar-refractivity contribution in [3.63, 3.8) is 0 Å². The molecule has 7 heteroatoms. The molecule has 0 saturated carbocycles. The van der Waals surface area contributed by atoms with Crippen LogP contribution in [0.4, 0.5) is 15.2 Å². The number of thiazole rings is 1. The van der Waals surface area contributed by atoms with E-state index in [-0.39, 0.29) is 9.46 Å². The zero-order chi connectivity index (χ0) is 15.0. The van der Waals surface area contributed by atoms with E-state index in [1.807, 2.05) is 0 Å². The first kappa shape index (κ1) is 14.9. The highest BCUT2D eigenvalue weighted by atomic mass is 79.9. The highest BCUT2D eigenvalue weighted by Crippen LogP contribution is 2.34. The minimum Gasteiger partial charge on any atom is -0.389 e. The van der Waals surface area contributed by atoms with E-state index in [1.54, 1.807) is 23.5 Å². The monoisotopic (exact) mass is 385 g/mol. The highest BCUT2D eigenvalue weighted by molar-refractivity contribution is 9.10. The van der Waals surface area contributed by atoms with Crippen LogP contribution in [0.25, 0.3) is 0 Å². The number of anilines is 2. The van der Waals surface area contributed by atoms with Gasteiger partial charge in [-0.25, -0.2) is 9.37 Å². The van der Waals surface area contributed by atoms with Crippen molar-refractivity contribution < 1.29 is 4.39 Å². The number of rotatable bonds is 3. The van der Waals surface area contributed by atoms with Crippen molar-refractivity contribution in [1.29, 1.82) is 0 Å². The fourth-order valence-corrected chi connectivity index (χ4v) is 4.28. The van der Waals surface area contributed by atoms with E-state index in [0.29, 0.717) is 11.3 Å². The van der Waals surface area contributed by atoms with Gasteiger partial charge >= 0.3 is 0 Å². The average Bonchev–Trinajstić information content (AvgIpc) is 2.86. The van der Waals surface area contributed by atoms with Crippen LogP contribution in [0, 0.1) is 5.82 Å². The zero-order valence-corrected chi connectivity index (χ0v) is 14.3. The van der Waals surface area contributed by atoms with Gasteiger partial charge in [-0.15, -0.1) is 11.3 Å². The van der Waals surface area contributed by atoms with Crippen LogP contribution >= 0.6 is 39.5 Å². The number of fused-ring (bicyclic) bond motifs is 1. The van der Waals surface area contributed by atoms with E-state index in [0.717, 1.165) is 23.7 Å². The lowest BCUT2D eigenvalue weighted by molar-refractivity contribution is 0.625. The van der Waals surface area contributed by atoms with Crippen molar-refractivity contribution in [3.05, 3.63) is 38.6 Å². The van der Waals surface area contributed by atoms with Crippen LogP contribution in [0.5, 0.6) is 0 Å². The minimum atomic E-state index is -0.409. The summed E-state index contributed by atoms with van der Waals surface area (Å²) >= 11 is 9.69. The zero-order valence-electron chi connectivity index (χ0n) is 11.1. The summed E-state index contributed by atoms with van der Waals surface area (Å²) in [5.74, 6) is -0.409. The Hall–Kier alpha value is -1.05. The fourth-order valence-electron chi connectivity index (χ4n) is 2.36. The van der Waals surface area contributed by atoms with Gasteiger partial charge in [0, 0.05) is 10.4 Å². The standard InChI is InChI=1S/C14H13BrFN3S2/c15-11-7(13(17)20)5-6-9(12(11)16)19-14-18-8-3-1-2-4-10(8)21-14/h5-6H,1-4H2,(H2,17,20)(H,18,19). The second kappa shape index (κ2) is 5.98. The molecule has 3 rings (SSSR count). The lowest BCUT2D eigenvalue weighted by Crippen LogP contribution is -2.11. The molecule has 2 aromatic rings. The molecule has 3 N–H and O–H groups in total. The van der Waals surface area contributed by atoms with Crippen molar-refractivity contribution in [2.45, 2.75) is 25.7 Å². The number of nitrogens with one attached hydrogen (secondary N) is 1. The van der Waals surface area contributed by atoms with E-state index >= 15 is 0 Å². The molecule has 0 radical (unpaired) electrons. The third kappa shape index (κ3) is 2.95. The summed E-state index contributed by atoms with van der Waals surface area (Å²) in [5, 5.41) is 3.79. The third-order valence-electron chi connectivity index (χ3n) is 3.44. The highest BCUT2D eigenvalue weighted by Gasteiger charge is 2.17. The van der Waals surface area contributed by atoms with Crippen molar-refractivity contribution in [2.24, 2.45) is 5.73 Å². The third-order valence-corrected chi connectivity index (χ3v) is 5.50. The normalized spacial score (nSPS) is 13.8. The van der Waals surface area contributed by atoms with Crippen LogP contribution in [-0.4, -0.2) is 9.97 Å². The second-order valence-corrected chi connectivity index (χ2v) is 7.19. The predicted octanol–water partition coefficient (Wildman–Crippen LogP) is 4.30. The van der Waals surface area contributed by atoms with Gasteiger partial charge in [0.1, 0.15) is 4.99 Å². The van der Waals surface area contributed by atoms with Crippen LogP contribution in [0.15, 0.2) is 16.6 Å². The molecule has 0 atom stereocenters. The average molecular weight is 386 g/mol. The quantitative estimate of drug-likeness (QED) is 0.773. The maximum absolute atomic E-state index is 14.3. The van der Waals surface area contributed by atoms with Crippen LogP contribution < -0.4 is 11.1 Å². The molecule has 0 fully saturated rings. The number of nitrogens with two attached hydrogens (primary N) is 1. The molecule has 110 valence electrons. The summed E-state index contributed by atoms with van der Waals surface area (Å²) in [6.45, 7) is 0. The number of benzene rings is 1. The number of thiocarbonyl (C=S) groups is 1. The Balaban J connectivity index is 1.90. The molecule has 0 unspecified atom stereocenters. The predicted molar refractivity (Wildman–Crippen MR) is 92.0 cm³/mol. The van der Waals surface area contributed by atoms with E-state index in [4.69, 9.17) is 18.0 Å². The maximum Gasteiger partial charge on any atom is 0.187 e. The van der Waals surface area contributed by atoms with Crippen LogP contribution in [0.2, 0.25) is 0 Å². The van der Waals surface area contributed by atoms with Gasteiger partial charge in [-0.1, -0.05) is 12.2 Å². The van der Waals surface area contributed by atoms with Gasteiger partial charge in [-0.2, -0.15) is 0 Å². The number of aromatic nitrogens is 1. The first-order chi connectivity index (χ1) is 10.1. The van der Waals surface area contributed by atoms with E-state index < -0.39 is 5.82 Å². The molecule has 0 aliphatic heterocycles. The second-order valence-electron chi connectivity index (χ2n) is 4.87. The Labute approximate surface area is 139 Å². The maximum atomic E-state index is 14.3. The topological polar surface area (TPSA) is 50.9 Å². The minimum absolute atomic E-state index is 0.164. The molecule has 1 aromatic carbocycles. The SMILES string of the molecule is NC(=S)c1ccc(Nc2nc3c(s2)CCCC3)c(F)c1Br. The molecule has 0 spiro atoms. The molecule has 0 saturated heterocycles. The van der Waals surface area contributed by atoms with Gasteiger partial charge in [-0.3, -0.25) is 0 Å². The van der Waals surface area contributed by atoms with Gasteiger partial charge in [0.15, 0.2) is 10.9 Å². The van der Waals surface area contributed by atoms with Crippen LogP contribution in [0.1, 0.15) is 29.0 Å². The fraction of sp³-hybridized carbons (Fsp3) is 0.286. The Morgan fingerprint density at radius 1 is 1.38 bits per heavy atom. The molecule has 1 heterocycles.